The maximum atomic E-state index is 10.6. The van der Waals surface area contributed by atoms with E-state index in [9.17, 15) is 4.79 Å². The van der Waals surface area contributed by atoms with Crippen molar-refractivity contribution in [2.75, 3.05) is 0 Å². The Bertz CT molecular complexity index is 857. The van der Waals surface area contributed by atoms with Gasteiger partial charge in [-0.05, 0) is 23.8 Å². The highest BCUT2D eigenvalue weighted by molar-refractivity contribution is 7.98. The highest BCUT2D eigenvalue weighted by Crippen LogP contribution is 2.28. The number of aliphatic carboxylic acids is 1. The van der Waals surface area contributed by atoms with Gasteiger partial charge in [0.1, 0.15) is 5.01 Å². The maximum absolute atomic E-state index is 10.6. The molecule has 0 saturated carbocycles. The van der Waals surface area contributed by atoms with Crippen molar-refractivity contribution in [2.24, 2.45) is 0 Å². The number of carboxylic acids is 1. The van der Waals surface area contributed by atoms with Gasteiger partial charge in [-0.3, -0.25) is 0 Å². The molecule has 0 aliphatic rings. The molecule has 0 aliphatic carbocycles. The van der Waals surface area contributed by atoms with Crippen LogP contribution in [0.25, 0.3) is 16.6 Å². The fourth-order valence-electron chi connectivity index (χ4n) is 2.12. The number of rotatable bonds is 6. The molecule has 0 radical (unpaired) electrons. The van der Waals surface area contributed by atoms with E-state index < -0.39 is 5.97 Å². The Morgan fingerprint density at radius 3 is 2.79 bits per heavy atom. The Balaban J connectivity index is 1.65. The van der Waals surface area contributed by atoms with E-state index in [4.69, 9.17) is 5.11 Å². The van der Waals surface area contributed by atoms with Crippen LogP contribution in [0.1, 0.15) is 11.3 Å². The molecular weight excluding hydrogens is 338 g/mol. The number of carbonyl (C=O) groups is 1. The molecule has 3 aromatic rings. The summed E-state index contributed by atoms with van der Waals surface area (Å²) in [7, 11) is 0. The van der Waals surface area contributed by atoms with Crippen molar-refractivity contribution in [3.63, 3.8) is 0 Å². The zero-order valence-corrected chi connectivity index (χ0v) is 14.4. The van der Waals surface area contributed by atoms with Crippen LogP contribution in [0.2, 0.25) is 0 Å². The first kappa shape index (κ1) is 16.5. The van der Waals surface area contributed by atoms with E-state index in [0.29, 0.717) is 0 Å². The predicted octanol–water partition coefficient (Wildman–Crippen LogP) is 5.20. The molecule has 5 heteroatoms. The van der Waals surface area contributed by atoms with Crippen molar-refractivity contribution in [3.05, 3.63) is 77.3 Å². The van der Waals surface area contributed by atoms with Gasteiger partial charge >= 0.3 is 5.97 Å². The van der Waals surface area contributed by atoms with E-state index in [1.165, 1.54) is 0 Å². The Hall–Kier alpha value is -2.37. The lowest BCUT2D eigenvalue weighted by Gasteiger charge is -2.01. The summed E-state index contributed by atoms with van der Waals surface area (Å²) >= 11 is 3.34. The first-order valence-corrected chi connectivity index (χ1v) is 9.21. The van der Waals surface area contributed by atoms with Crippen LogP contribution in [0.3, 0.4) is 0 Å². The molecule has 1 N–H and O–H groups in total. The minimum atomic E-state index is -0.941. The number of nitrogens with zero attached hydrogens (tertiary/aromatic N) is 1. The third-order valence-electron chi connectivity index (χ3n) is 3.24. The van der Waals surface area contributed by atoms with Crippen LogP contribution in [0, 0.1) is 0 Å². The summed E-state index contributed by atoms with van der Waals surface area (Å²) in [5.74, 6) is -0.154. The molecule has 0 bridgehead atoms. The molecule has 0 amide bonds. The highest BCUT2D eigenvalue weighted by Gasteiger charge is 2.05. The fourth-order valence-corrected chi connectivity index (χ4v) is 3.91. The van der Waals surface area contributed by atoms with Crippen molar-refractivity contribution >= 4 is 35.1 Å². The Morgan fingerprint density at radius 2 is 2.00 bits per heavy atom. The Morgan fingerprint density at radius 1 is 1.17 bits per heavy atom. The third-order valence-corrected chi connectivity index (χ3v) is 5.20. The van der Waals surface area contributed by atoms with Crippen molar-refractivity contribution in [1.82, 2.24) is 4.98 Å². The van der Waals surface area contributed by atoms with Crippen LogP contribution < -0.4 is 0 Å². The second kappa shape index (κ2) is 7.95. The van der Waals surface area contributed by atoms with Gasteiger partial charge in [0, 0.05) is 27.7 Å². The molecule has 3 rings (SSSR count). The van der Waals surface area contributed by atoms with Crippen LogP contribution in [0.4, 0.5) is 0 Å². The van der Waals surface area contributed by atoms with Gasteiger partial charge < -0.3 is 5.11 Å². The second-order valence-electron chi connectivity index (χ2n) is 5.04. The maximum Gasteiger partial charge on any atom is 0.328 e. The van der Waals surface area contributed by atoms with E-state index in [2.05, 4.69) is 22.5 Å². The molecule has 2 aromatic carbocycles. The molecule has 120 valence electrons. The van der Waals surface area contributed by atoms with Crippen LogP contribution >= 0.6 is 23.1 Å². The van der Waals surface area contributed by atoms with Crippen LogP contribution in [-0.4, -0.2) is 16.1 Å². The van der Waals surface area contributed by atoms with E-state index in [0.717, 1.165) is 38.6 Å². The number of thioether (sulfide) groups is 1. The molecule has 0 unspecified atom stereocenters. The Labute approximate surface area is 148 Å². The van der Waals surface area contributed by atoms with Crippen LogP contribution in [0.5, 0.6) is 0 Å². The summed E-state index contributed by atoms with van der Waals surface area (Å²) in [5.41, 5.74) is 3.07. The number of aromatic nitrogens is 1. The SMILES string of the molecule is O=C(O)/C=C/c1cccc(SCc2csc(-c3ccccc3)n2)c1. The molecule has 0 atom stereocenters. The first-order valence-electron chi connectivity index (χ1n) is 7.34. The summed E-state index contributed by atoms with van der Waals surface area (Å²) in [5, 5.41) is 11.8. The minimum absolute atomic E-state index is 0.787. The van der Waals surface area contributed by atoms with Gasteiger partial charge in [-0.15, -0.1) is 23.1 Å². The van der Waals surface area contributed by atoms with Gasteiger partial charge in [0.25, 0.3) is 0 Å². The number of benzene rings is 2. The van der Waals surface area contributed by atoms with Crippen molar-refractivity contribution < 1.29 is 9.90 Å². The van der Waals surface area contributed by atoms with Gasteiger partial charge in [-0.1, -0.05) is 42.5 Å². The molecule has 1 heterocycles. The molecule has 3 nitrogen and oxygen atoms in total. The van der Waals surface area contributed by atoms with Crippen molar-refractivity contribution in [2.45, 2.75) is 10.6 Å². The lowest BCUT2D eigenvalue weighted by atomic mass is 10.2. The zero-order valence-electron chi connectivity index (χ0n) is 12.8. The second-order valence-corrected chi connectivity index (χ2v) is 6.95. The van der Waals surface area contributed by atoms with E-state index in [-0.39, 0.29) is 0 Å². The van der Waals surface area contributed by atoms with Crippen LogP contribution in [-0.2, 0) is 10.5 Å². The van der Waals surface area contributed by atoms with Gasteiger partial charge in [-0.2, -0.15) is 0 Å². The van der Waals surface area contributed by atoms with E-state index >= 15 is 0 Å². The van der Waals surface area contributed by atoms with Gasteiger partial charge in [0.2, 0.25) is 0 Å². The van der Waals surface area contributed by atoms with Gasteiger partial charge in [0.05, 0.1) is 5.69 Å². The van der Waals surface area contributed by atoms with Gasteiger partial charge in [-0.25, -0.2) is 9.78 Å². The topological polar surface area (TPSA) is 50.2 Å². The summed E-state index contributed by atoms with van der Waals surface area (Å²) in [4.78, 5) is 16.4. The number of carboxylic acid groups (broad SMARTS) is 1. The summed E-state index contributed by atoms with van der Waals surface area (Å²) in [6, 6.07) is 18.0. The van der Waals surface area contributed by atoms with E-state index in [1.54, 1.807) is 29.2 Å². The number of thiazole rings is 1. The quantitative estimate of drug-likeness (QED) is 0.489. The summed E-state index contributed by atoms with van der Waals surface area (Å²) < 4.78 is 0. The highest BCUT2D eigenvalue weighted by atomic mass is 32.2. The normalized spacial score (nSPS) is 11.0. The Kier molecular flexibility index (Phi) is 5.46. The lowest BCUT2D eigenvalue weighted by Crippen LogP contribution is -1.86. The number of hydrogen-bond acceptors (Lipinski definition) is 4. The lowest BCUT2D eigenvalue weighted by molar-refractivity contribution is -0.131. The largest absolute Gasteiger partial charge is 0.478 e. The monoisotopic (exact) mass is 353 g/mol. The fraction of sp³-hybridized carbons (Fsp3) is 0.0526. The summed E-state index contributed by atoms with van der Waals surface area (Å²) in [6.07, 6.45) is 2.75. The standard InChI is InChI=1S/C19H15NO2S2/c21-18(22)10-9-14-5-4-8-17(11-14)23-12-16-13-24-19(20-16)15-6-2-1-3-7-15/h1-11,13H,12H2,(H,21,22)/b10-9+. The average Bonchev–Trinajstić information content (AvgIpc) is 3.08. The molecule has 1 aromatic heterocycles. The van der Waals surface area contributed by atoms with Crippen molar-refractivity contribution in [1.29, 1.82) is 0 Å². The molecule has 0 saturated heterocycles. The van der Waals surface area contributed by atoms with Crippen LogP contribution in [0.15, 0.2) is 70.9 Å². The summed E-state index contributed by atoms with van der Waals surface area (Å²) in [6.45, 7) is 0. The van der Waals surface area contributed by atoms with E-state index in [1.807, 2.05) is 42.5 Å². The average molecular weight is 353 g/mol. The third kappa shape index (κ3) is 4.57. The zero-order chi connectivity index (χ0) is 16.8. The van der Waals surface area contributed by atoms with Crippen molar-refractivity contribution in [3.8, 4) is 10.6 Å². The van der Waals surface area contributed by atoms with Gasteiger partial charge in [0.15, 0.2) is 0 Å². The molecule has 24 heavy (non-hydrogen) atoms. The number of hydrogen-bond donors (Lipinski definition) is 1. The predicted molar refractivity (Wildman–Crippen MR) is 100 cm³/mol. The minimum Gasteiger partial charge on any atom is -0.478 e. The molecule has 0 fully saturated rings. The molecular formula is C19H15NO2S2. The smallest absolute Gasteiger partial charge is 0.328 e. The first-order chi connectivity index (χ1) is 11.7. The molecule has 0 spiro atoms. The molecule has 0 aliphatic heterocycles.